The number of hydrogen-bond donors (Lipinski definition) is 0. The van der Waals surface area contributed by atoms with Gasteiger partial charge in [-0.15, -0.1) is 0 Å². The van der Waals surface area contributed by atoms with Gasteiger partial charge in [-0.05, 0) is 24.5 Å². The second-order valence-corrected chi connectivity index (χ2v) is 6.09. The van der Waals surface area contributed by atoms with Gasteiger partial charge in [0.25, 0.3) is 5.89 Å². The van der Waals surface area contributed by atoms with E-state index in [9.17, 15) is 4.79 Å². The van der Waals surface area contributed by atoms with Crippen LogP contribution in [0.3, 0.4) is 0 Å². The summed E-state index contributed by atoms with van der Waals surface area (Å²) in [6, 6.07) is 7.39. The maximum absolute atomic E-state index is 11.8. The van der Waals surface area contributed by atoms with Crippen LogP contribution in [0.1, 0.15) is 44.4 Å². The molecule has 0 radical (unpaired) electrons. The van der Waals surface area contributed by atoms with Crippen LogP contribution >= 0.6 is 0 Å². The first-order valence-corrected chi connectivity index (χ1v) is 8.37. The van der Waals surface area contributed by atoms with Gasteiger partial charge in [0, 0.05) is 12.0 Å². The van der Waals surface area contributed by atoms with Crippen LogP contribution in [0.5, 0.6) is 5.75 Å². The van der Waals surface area contributed by atoms with Crippen LogP contribution in [0, 0.1) is 5.92 Å². The number of carbonyl (C=O) groups excluding carboxylic acids is 1. The van der Waals surface area contributed by atoms with E-state index in [0.29, 0.717) is 24.1 Å². The summed E-state index contributed by atoms with van der Waals surface area (Å²) in [5.74, 6) is 1.94. The van der Waals surface area contributed by atoms with Gasteiger partial charge in [-0.1, -0.05) is 43.0 Å². The van der Waals surface area contributed by atoms with Crippen LogP contribution in [-0.4, -0.2) is 23.2 Å². The van der Waals surface area contributed by atoms with Crippen LogP contribution in [0.4, 0.5) is 0 Å². The Hall–Kier alpha value is -2.37. The zero-order valence-electron chi connectivity index (χ0n) is 13.9. The molecular weight excluding hydrogens is 308 g/mol. The summed E-state index contributed by atoms with van der Waals surface area (Å²) in [6.45, 7) is 0.0144. The predicted molar refractivity (Wildman–Crippen MR) is 87.3 cm³/mol. The van der Waals surface area contributed by atoms with Crippen molar-refractivity contribution >= 4 is 5.97 Å². The summed E-state index contributed by atoms with van der Waals surface area (Å²) in [6.07, 6.45) is 6.42. The molecule has 0 N–H and O–H groups in total. The van der Waals surface area contributed by atoms with Crippen LogP contribution in [-0.2, 0) is 16.1 Å². The van der Waals surface area contributed by atoms with Gasteiger partial charge < -0.3 is 14.0 Å². The van der Waals surface area contributed by atoms with Crippen molar-refractivity contribution in [3.8, 4) is 17.1 Å². The third kappa shape index (κ3) is 4.34. The van der Waals surface area contributed by atoms with Crippen molar-refractivity contribution in [2.24, 2.45) is 5.92 Å². The molecule has 0 atom stereocenters. The Balaban J connectivity index is 1.49. The highest BCUT2D eigenvalue weighted by Crippen LogP contribution is 2.28. The number of ether oxygens (including phenoxy) is 2. The maximum Gasteiger partial charge on any atom is 0.306 e. The Morgan fingerprint density at radius 3 is 2.96 bits per heavy atom. The third-order valence-electron chi connectivity index (χ3n) is 4.38. The lowest BCUT2D eigenvalue weighted by Crippen LogP contribution is -2.07. The molecule has 1 aromatic heterocycles. The van der Waals surface area contributed by atoms with Crippen molar-refractivity contribution in [3.05, 3.63) is 30.2 Å². The van der Waals surface area contributed by atoms with Gasteiger partial charge in [0.2, 0.25) is 5.82 Å². The Bertz CT molecular complexity index is 677. The molecule has 1 heterocycles. The number of hydrogen-bond acceptors (Lipinski definition) is 6. The molecule has 1 aliphatic rings. The van der Waals surface area contributed by atoms with Crippen LogP contribution in [0.25, 0.3) is 11.4 Å². The lowest BCUT2D eigenvalue weighted by Gasteiger charge is -2.07. The van der Waals surface area contributed by atoms with E-state index in [2.05, 4.69) is 10.1 Å². The topological polar surface area (TPSA) is 74.5 Å². The summed E-state index contributed by atoms with van der Waals surface area (Å²) >= 11 is 0. The number of esters is 1. The monoisotopic (exact) mass is 330 g/mol. The molecule has 0 saturated heterocycles. The molecule has 1 aromatic carbocycles. The normalized spacial score (nSPS) is 14.7. The Morgan fingerprint density at radius 2 is 2.17 bits per heavy atom. The lowest BCUT2D eigenvalue weighted by atomic mass is 10.0. The second-order valence-electron chi connectivity index (χ2n) is 6.09. The van der Waals surface area contributed by atoms with E-state index in [-0.39, 0.29) is 12.6 Å². The molecule has 128 valence electrons. The molecule has 1 aliphatic carbocycles. The maximum atomic E-state index is 11.8. The first kappa shape index (κ1) is 16.5. The van der Waals surface area contributed by atoms with Gasteiger partial charge in [0.05, 0.1) is 7.11 Å². The van der Waals surface area contributed by atoms with Gasteiger partial charge in [-0.3, -0.25) is 4.79 Å². The van der Waals surface area contributed by atoms with E-state index in [4.69, 9.17) is 14.0 Å². The Morgan fingerprint density at radius 1 is 1.33 bits per heavy atom. The first-order chi connectivity index (χ1) is 11.7. The predicted octanol–water partition coefficient (Wildman–Crippen LogP) is 3.76. The van der Waals surface area contributed by atoms with Crippen molar-refractivity contribution in [3.63, 3.8) is 0 Å². The standard InChI is InChI=1S/C18H22N2O4/c1-22-15-8-4-7-14(11-15)18-19-16(24-20-18)12-23-17(21)10-9-13-5-2-3-6-13/h4,7-8,11,13H,2-3,5-6,9-10,12H2,1H3. The molecule has 1 fully saturated rings. The minimum Gasteiger partial charge on any atom is -0.497 e. The highest BCUT2D eigenvalue weighted by Gasteiger charge is 2.17. The van der Waals surface area contributed by atoms with Crippen LogP contribution < -0.4 is 4.74 Å². The number of carbonyl (C=O) groups is 1. The fourth-order valence-electron chi connectivity index (χ4n) is 3.03. The number of aromatic nitrogens is 2. The Labute approximate surface area is 141 Å². The molecular formula is C18H22N2O4. The van der Waals surface area contributed by atoms with E-state index in [0.717, 1.165) is 17.7 Å². The summed E-state index contributed by atoms with van der Waals surface area (Å²) in [5, 5.41) is 3.92. The zero-order chi connectivity index (χ0) is 16.8. The van der Waals surface area contributed by atoms with Gasteiger partial charge in [-0.25, -0.2) is 0 Å². The van der Waals surface area contributed by atoms with Crippen molar-refractivity contribution < 1.29 is 18.8 Å². The van der Waals surface area contributed by atoms with Crippen LogP contribution in [0.2, 0.25) is 0 Å². The molecule has 6 heteroatoms. The average Bonchev–Trinajstić information content (AvgIpc) is 3.30. The molecule has 0 bridgehead atoms. The van der Waals surface area contributed by atoms with E-state index >= 15 is 0 Å². The fourth-order valence-corrected chi connectivity index (χ4v) is 3.03. The van der Waals surface area contributed by atoms with Crippen LogP contribution in [0.15, 0.2) is 28.8 Å². The second kappa shape index (κ2) is 7.95. The minimum atomic E-state index is -0.206. The van der Waals surface area contributed by atoms with Gasteiger partial charge in [-0.2, -0.15) is 4.98 Å². The summed E-state index contributed by atoms with van der Waals surface area (Å²) in [4.78, 5) is 16.1. The number of benzene rings is 1. The Kier molecular flexibility index (Phi) is 5.46. The van der Waals surface area contributed by atoms with E-state index in [1.54, 1.807) is 7.11 Å². The number of nitrogens with zero attached hydrogens (tertiary/aromatic N) is 2. The summed E-state index contributed by atoms with van der Waals surface area (Å²) < 4.78 is 15.5. The smallest absolute Gasteiger partial charge is 0.306 e. The highest BCUT2D eigenvalue weighted by molar-refractivity contribution is 5.69. The average molecular weight is 330 g/mol. The molecule has 24 heavy (non-hydrogen) atoms. The molecule has 0 aliphatic heterocycles. The highest BCUT2D eigenvalue weighted by atomic mass is 16.6. The molecule has 6 nitrogen and oxygen atoms in total. The number of methoxy groups -OCH3 is 1. The molecule has 0 amide bonds. The quantitative estimate of drug-likeness (QED) is 0.720. The molecule has 1 saturated carbocycles. The fraction of sp³-hybridized carbons (Fsp3) is 0.500. The molecule has 2 aromatic rings. The summed E-state index contributed by atoms with van der Waals surface area (Å²) in [7, 11) is 1.60. The molecule has 3 rings (SSSR count). The van der Waals surface area contributed by atoms with Crippen molar-refractivity contribution in [2.75, 3.05) is 7.11 Å². The van der Waals surface area contributed by atoms with Crippen molar-refractivity contribution in [2.45, 2.75) is 45.1 Å². The van der Waals surface area contributed by atoms with Gasteiger partial charge in [0.15, 0.2) is 6.61 Å². The van der Waals surface area contributed by atoms with Gasteiger partial charge in [0.1, 0.15) is 5.75 Å². The molecule has 0 spiro atoms. The van der Waals surface area contributed by atoms with Crippen molar-refractivity contribution in [1.82, 2.24) is 10.1 Å². The summed E-state index contributed by atoms with van der Waals surface area (Å²) in [5.41, 5.74) is 0.789. The zero-order valence-corrected chi connectivity index (χ0v) is 13.9. The van der Waals surface area contributed by atoms with E-state index in [1.807, 2.05) is 24.3 Å². The van der Waals surface area contributed by atoms with Crippen molar-refractivity contribution in [1.29, 1.82) is 0 Å². The van der Waals surface area contributed by atoms with Gasteiger partial charge >= 0.3 is 5.97 Å². The van der Waals surface area contributed by atoms with E-state index in [1.165, 1.54) is 25.7 Å². The lowest BCUT2D eigenvalue weighted by molar-refractivity contribution is -0.146. The first-order valence-electron chi connectivity index (χ1n) is 8.37. The number of rotatable bonds is 7. The van der Waals surface area contributed by atoms with E-state index < -0.39 is 0 Å². The minimum absolute atomic E-state index is 0.0144. The molecule has 0 unspecified atom stereocenters. The SMILES string of the molecule is COc1cccc(-c2noc(COC(=O)CCC3CCCC3)n2)c1. The largest absolute Gasteiger partial charge is 0.497 e. The third-order valence-corrected chi connectivity index (χ3v) is 4.38.